The smallest absolute Gasteiger partial charge is 0.327 e. The Balaban J connectivity index is 3.78. The summed E-state index contributed by atoms with van der Waals surface area (Å²) in [6, 6.07) is 0.935. The molecule has 4 nitrogen and oxygen atoms in total. The van der Waals surface area contributed by atoms with Crippen LogP contribution >= 0.6 is 0 Å². The van der Waals surface area contributed by atoms with E-state index in [9.17, 15) is 4.79 Å². The molecular formula is C8H12N2O2. The predicted octanol–water partition coefficient (Wildman–Crippen LogP) is 0.347. The summed E-state index contributed by atoms with van der Waals surface area (Å²) < 4.78 is 4.47. The molecule has 1 unspecified atom stereocenters. The first-order chi connectivity index (χ1) is 5.72. The summed E-state index contributed by atoms with van der Waals surface area (Å²) in [6.07, 6.45) is 4.15. The molecule has 0 aliphatic heterocycles. The van der Waals surface area contributed by atoms with E-state index in [1.54, 1.807) is 18.2 Å². The standard InChI is InChI=1S/C8H12N2O2/c1-2-3-4-7(10)8(11)12-6-5-9/h3-4,7H,2,6,10H2,1H3/b4-3-. The summed E-state index contributed by atoms with van der Waals surface area (Å²) in [4.78, 5) is 10.9. The second kappa shape index (κ2) is 6.38. The molecule has 0 aromatic carbocycles. The van der Waals surface area contributed by atoms with Gasteiger partial charge in [0, 0.05) is 0 Å². The molecule has 0 saturated carbocycles. The van der Waals surface area contributed by atoms with Gasteiger partial charge in [-0.1, -0.05) is 19.1 Å². The molecule has 0 spiro atoms. The third-order valence-electron chi connectivity index (χ3n) is 1.13. The fourth-order valence-electron chi connectivity index (χ4n) is 0.561. The molecule has 0 heterocycles. The molecule has 0 amide bonds. The molecule has 0 aliphatic carbocycles. The molecule has 0 radical (unpaired) electrons. The highest BCUT2D eigenvalue weighted by molar-refractivity contribution is 5.77. The van der Waals surface area contributed by atoms with Gasteiger partial charge in [0.25, 0.3) is 0 Å². The van der Waals surface area contributed by atoms with Gasteiger partial charge in [-0.05, 0) is 6.42 Å². The monoisotopic (exact) mass is 168 g/mol. The van der Waals surface area contributed by atoms with Crippen molar-refractivity contribution in [3.05, 3.63) is 12.2 Å². The number of hydrogen-bond donors (Lipinski definition) is 1. The van der Waals surface area contributed by atoms with Gasteiger partial charge in [0.2, 0.25) is 0 Å². The lowest BCUT2D eigenvalue weighted by Gasteiger charge is -2.03. The lowest BCUT2D eigenvalue weighted by molar-refractivity contribution is -0.142. The summed E-state index contributed by atoms with van der Waals surface area (Å²) in [5.41, 5.74) is 5.37. The van der Waals surface area contributed by atoms with Gasteiger partial charge in [0.15, 0.2) is 6.61 Å². The molecule has 12 heavy (non-hydrogen) atoms. The molecule has 66 valence electrons. The number of carbonyl (C=O) groups is 1. The Morgan fingerprint density at radius 1 is 1.83 bits per heavy atom. The van der Waals surface area contributed by atoms with E-state index in [2.05, 4.69) is 4.74 Å². The molecule has 0 saturated heterocycles. The number of carbonyl (C=O) groups excluding carboxylic acids is 1. The van der Waals surface area contributed by atoms with Crippen LogP contribution in [0.15, 0.2) is 12.2 Å². The fraction of sp³-hybridized carbons (Fsp3) is 0.500. The minimum absolute atomic E-state index is 0.244. The average Bonchev–Trinajstić information content (AvgIpc) is 2.10. The van der Waals surface area contributed by atoms with Crippen LogP contribution in [0.25, 0.3) is 0 Å². The van der Waals surface area contributed by atoms with Gasteiger partial charge in [-0.2, -0.15) is 5.26 Å². The Hall–Kier alpha value is -1.34. The highest BCUT2D eigenvalue weighted by Gasteiger charge is 2.09. The molecule has 0 aromatic heterocycles. The third kappa shape index (κ3) is 4.47. The van der Waals surface area contributed by atoms with Crippen LogP contribution < -0.4 is 5.73 Å². The number of nitriles is 1. The van der Waals surface area contributed by atoms with Crippen molar-refractivity contribution in [2.24, 2.45) is 5.73 Å². The van der Waals surface area contributed by atoms with Crippen molar-refractivity contribution in [2.75, 3.05) is 6.61 Å². The lowest BCUT2D eigenvalue weighted by Crippen LogP contribution is -2.30. The van der Waals surface area contributed by atoms with Crippen molar-refractivity contribution in [3.63, 3.8) is 0 Å². The van der Waals surface area contributed by atoms with Gasteiger partial charge in [-0.15, -0.1) is 0 Å². The molecule has 0 aromatic rings. The highest BCUT2D eigenvalue weighted by atomic mass is 16.5. The summed E-state index contributed by atoms with van der Waals surface area (Å²) in [5, 5.41) is 8.09. The van der Waals surface area contributed by atoms with Gasteiger partial charge in [0.05, 0.1) is 0 Å². The SMILES string of the molecule is CC/C=C\C(N)C(=O)OCC#N. The fourth-order valence-corrected chi connectivity index (χ4v) is 0.561. The van der Waals surface area contributed by atoms with Crippen LogP contribution in [-0.2, 0) is 9.53 Å². The average molecular weight is 168 g/mol. The van der Waals surface area contributed by atoms with Crippen molar-refractivity contribution in [3.8, 4) is 6.07 Å². The first kappa shape index (κ1) is 10.7. The number of allylic oxidation sites excluding steroid dienone is 1. The second-order valence-corrected chi connectivity index (χ2v) is 2.13. The molecule has 0 rings (SSSR count). The number of ether oxygens (including phenoxy) is 1. The zero-order chi connectivity index (χ0) is 9.40. The molecule has 0 bridgehead atoms. The molecule has 4 heteroatoms. The molecule has 1 atom stereocenters. The maximum Gasteiger partial charge on any atom is 0.327 e. The molecule has 0 fully saturated rings. The van der Waals surface area contributed by atoms with Crippen LogP contribution in [0, 0.1) is 11.3 Å². The summed E-state index contributed by atoms with van der Waals surface area (Å²) in [5.74, 6) is -0.568. The van der Waals surface area contributed by atoms with Crippen LogP contribution in [0.1, 0.15) is 13.3 Å². The minimum Gasteiger partial charge on any atom is -0.449 e. The van der Waals surface area contributed by atoms with Gasteiger partial charge in [-0.3, -0.25) is 0 Å². The number of hydrogen-bond acceptors (Lipinski definition) is 4. The first-order valence-electron chi connectivity index (χ1n) is 3.68. The van der Waals surface area contributed by atoms with Crippen LogP contribution in [-0.4, -0.2) is 18.6 Å². The van der Waals surface area contributed by atoms with Crippen LogP contribution in [0.4, 0.5) is 0 Å². The summed E-state index contributed by atoms with van der Waals surface area (Å²) in [7, 11) is 0. The largest absolute Gasteiger partial charge is 0.449 e. The number of nitrogens with zero attached hydrogens (tertiary/aromatic N) is 1. The Morgan fingerprint density at radius 2 is 2.50 bits per heavy atom. The Labute approximate surface area is 71.6 Å². The topological polar surface area (TPSA) is 76.1 Å². The van der Waals surface area contributed by atoms with Gasteiger partial charge >= 0.3 is 5.97 Å². The van der Waals surface area contributed by atoms with Crippen molar-refractivity contribution >= 4 is 5.97 Å². The number of esters is 1. The van der Waals surface area contributed by atoms with E-state index in [1.165, 1.54) is 0 Å². The quantitative estimate of drug-likeness (QED) is 0.485. The van der Waals surface area contributed by atoms with E-state index in [1.807, 2.05) is 6.92 Å². The third-order valence-corrected chi connectivity index (χ3v) is 1.13. The van der Waals surface area contributed by atoms with E-state index in [0.29, 0.717) is 0 Å². The van der Waals surface area contributed by atoms with Crippen molar-refractivity contribution in [1.82, 2.24) is 0 Å². The normalized spacial score (nSPS) is 12.4. The molecule has 0 aliphatic rings. The van der Waals surface area contributed by atoms with Crippen LogP contribution in [0.5, 0.6) is 0 Å². The number of nitrogens with two attached hydrogens (primary N) is 1. The second-order valence-electron chi connectivity index (χ2n) is 2.13. The van der Waals surface area contributed by atoms with Crippen LogP contribution in [0.2, 0.25) is 0 Å². The van der Waals surface area contributed by atoms with E-state index in [-0.39, 0.29) is 6.61 Å². The van der Waals surface area contributed by atoms with E-state index in [4.69, 9.17) is 11.0 Å². The van der Waals surface area contributed by atoms with E-state index < -0.39 is 12.0 Å². The predicted molar refractivity (Wildman–Crippen MR) is 44.0 cm³/mol. The zero-order valence-electron chi connectivity index (χ0n) is 6.99. The van der Waals surface area contributed by atoms with Crippen molar-refractivity contribution < 1.29 is 9.53 Å². The van der Waals surface area contributed by atoms with Crippen molar-refractivity contribution in [2.45, 2.75) is 19.4 Å². The van der Waals surface area contributed by atoms with Gasteiger partial charge < -0.3 is 10.5 Å². The Morgan fingerprint density at radius 3 is 3.00 bits per heavy atom. The maximum absolute atomic E-state index is 10.9. The Kier molecular flexibility index (Phi) is 5.66. The minimum atomic E-state index is -0.752. The highest BCUT2D eigenvalue weighted by Crippen LogP contribution is 1.89. The summed E-state index contributed by atoms with van der Waals surface area (Å²) >= 11 is 0. The maximum atomic E-state index is 10.9. The van der Waals surface area contributed by atoms with E-state index >= 15 is 0 Å². The van der Waals surface area contributed by atoms with Crippen LogP contribution in [0.3, 0.4) is 0 Å². The van der Waals surface area contributed by atoms with Crippen molar-refractivity contribution in [1.29, 1.82) is 5.26 Å². The number of rotatable bonds is 4. The molecule has 2 N–H and O–H groups in total. The zero-order valence-corrected chi connectivity index (χ0v) is 6.99. The Bertz CT molecular complexity index is 206. The molecular weight excluding hydrogens is 156 g/mol. The lowest BCUT2D eigenvalue weighted by atomic mass is 10.2. The van der Waals surface area contributed by atoms with Gasteiger partial charge in [-0.25, -0.2) is 4.79 Å². The summed E-state index contributed by atoms with van der Waals surface area (Å²) in [6.45, 7) is 1.69. The first-order valence-corrected chi connectivity index (χ1v) is 3.68. The van der Waals surface area contributed by atoms with E-state index in [0.717, 1.165) is 6.42 Å². The van der Waals surface area contributed by atoms with Gasteiger partial charge in [0.1, 0.15) is 12.1 Å².